The number of nitrogens with two attached hydrogens (primary N) is 1. The van der Waals surface area contributed by atoms with Gasteiger partial charge in [0.25, 0.3) is 0 Å². The number of hydrogen-bond acceptors (Lipinski definition) is 3. The number of aryl methyl sites for hydroxylation is 1. The van der Waals surface area contributed by atoms with E-state index in [1.54, 1.807) is 6.20 Å². The van der Waals surface area contributed by atoms with Gasteiger partial charge in [-0.1, -0.05) is 30.3 Å². The van der Waals surface area contributed by atoms with Crippen LogP contribution >= 0.6 is 0 Å². The van der Waals surface area contributed by atoms with Crippen molar-refractivity contribution in [1.82, 2.24) is 4.98 Å². The van der Waals surface area contributed by atoms with Crippen molar-refractivity contribution in [2.45, 2.75) is 6.92 Å². The second kappa shape index (κ2) is 4.07. The maximum Gasteiger partial charge on any atom is 0.164 e. The van der Waals surface area contributed by atoms with Gasteiger partial charge in [-0.25, -0.2) is 15.0 Å². The first-order valence-corrected chi connectivity index (χ1v) is 5.69. The van der Waals surface area contributed by atoms with Crippen LogP contribution < -0.4 is 5.73 Å². The van der Waals surface area contributed by atoms with E-state index in [0.29, 0.717) is 17.5 Å². The van der Waals surface area contributed by atoms with Gasteiger partial charge in [-0.15, -0.1) is 0 Å². The summed E-state index contributed by atoms with van der Waals surface area (Å²) in [6, 6.07) is 11.6. The molecule has 3 rings (SSSR count). The summed E-state index contributed by atoms with van der Waals surface area (Å²) < 4.78 is 0. The van der Waals surface area contributed by atoms with Gasteiger partial charge in [-0.3, -0.25) is 0 Å². The molecular formula is C14H12N4. The molecule has 88 valence electrons. The van der Waals surface area contributed by atoms with Crippen LogP contribution in [0.4, 0.5) is 5.82 Å². The molecule has 1 aromatic heterocycles. The van der Waals surface area contributed by atoms with Crippen LogP contribution in [0.25, 0.3) is 0 Å². The van der Waals surface area contributed by atoms with Gasteiger partial charge in [0.1, 0.15) is 5.84 Å². The molecule has 0 saturated heterocycles. The number of amidine groups is 2. The third-order valence-electron chi connectivity index (χ3n) is 2.79. The average Bonchev–Trinajstić information content (AvgIpc) is 2.70. The zero-order valence-electron chi connectivity index (χ0n) is 9.96. The molecule has 2 heterocycles. The van der Waals surface area contributed by atoms with Crippen LogP contribution in [-0.4, -0.2) is 16.7 Å². The minimum atomic E-state index is 0.511. The van der Waals surface area contributed by atoms with Crippen molar-refractivity contribution >= 4 is 17.5 Å². The van der Waals surface area contributed by atoms with Crippen LogP contribution in [0.2, 0.25) is 0 Å². The fourth-order valence-corrected chi connectivity index (χ4v) is 1.86. The first-order chi connectivity index (χ1) is 8.74. The highest BCUT2D eigenvalue weighted by molar-refractivity contribution is 6.22. The number of fused-ring (bicyclic) bond motifs is 1. The summed E-state index contributed by atoms with van der Waals surface area (Å²) in [6.07, 6.45) is 1.79. The summed E-state index contributed by atoms with van der Waals surface area (Å²) >= 11 is 0. The Hall–Kier alpha value is -2.49. The van der Waals surface area contributed by atoms with Crippen molar-refractivity contribution in [2.24, 2.45) is 15.7 Å². The second-order valence-electron chi connectivity index (χ2n) is 4.17. The van der Waals surface area contributed by atoms with Gasteiger partial charge in [-0.2, -0.15) is 0 Å². The Morgan fingerprint density at radius 3 is 2.56 bits per heavy atom. The maximum absolute atomic E-state index is 5.86. The molecule has 0 aliphatic carbocycles. The molecule has 2 aromatic rings. The fraction of sp³-hybridized carbons (Fsp3) is 0.0714. The normalized spacial score (nSPS) is 15.6. The average molecular weight is 236 g/mol. The van der Waals surface area contributed by atoms with Crippen LogP contribution in [0.3, 0.4) is 0 Å². The van der Waals surface area contributed by atoms with Gasteiger partial charge in [0.2, 0.25) is 0 Å². The van der Waals surface area contributed by atoms with Gasteiger partial charge >= 0.3 is 0 Å². The van der Waals surface area contributed by atoms with Crippen molar-refractivity contribution in [3.05, 3.63) is 59.3 Å². The zero-order chi connectivity index (χ0) is 12.5. The first-order valence-electron chi connectivity index (χ1n) is 5.69. The van der Waals surface area contributed by atoms with Gasteiger partial charge in [-0.05, 0) is 18.6 Å². The van der Waals surface area contributed by atoms with E-state index < -0.39 is 0 Å². The Labute approximate surface area is 105 Å². The number of aliphatic imine (C=N–C) groups is 2. The molecule has 18 heavy (non-hydrogen) atoms. The maximum atomic E-state index is 5.86. The van der Waals surface area contributed by atoms with Gasteiger partial charge < -0.3 is 5.73 Å². The molecule has 4 heteroatoms. The summed E-state index contributed by atoms with van der Waals surface area (Å²) in [5.74, 6) is 1.78. The molecule has 1 aromatic carbocycles. The van der Waals surface area contributed by atoms with Crippen LogP contribution in [0, 0.1) is 6.92 Å². The molecular weight excluding hydrogens is 224 g/mol. The minimum absolute atomic E-state index is 0.511. The number of pyridine rings is 1. The Balaban J connectivity index is 2.07. The lowest BCUT2D eigenvalue weighted by atomic mass is 10.1. The lowest BCUT2D eigenvalue weighted by molar-refractivity contribution is 1.23. The number of aromatic nitrogens is 1. The van der Waals surface area contributed by atoms with E-state index in [2.05, 4.69) is 15.0 Å². The molecule has 0 bridgehead atoms. The van der Waals surface area contributed by atoms with Crippen molar-refractivity contribution in [3.63, 3.8) is 0 Å². The highest BCUT2D eigenvalue weighted by Crippen LogP contribution is 2.20. The van der Waals surface area contributed by atoms with Crippen LogP contribution in [0.1, 0.15) is 16.7 Å². The third kappa shape index (κ3) is 1.78. The van der Waals surface area contributed by atoms with E-state index in [1.807, 2.05) is 43.3 Å². The lowest BCUT2D eigenvalue weighted by Crippen LogP contribution is -2.09. The topological polar surface area (TPSA) is 63.6 Å². The van der Waals surface area contributed by atoms with E-state index in [0.717, 1.165) is 16.7 Å². The highest BCUT2D eigenvalue weighted by atomic mass is 15.0. The SMILES string of the molecule is Cc1ccc(N=C2N=C(N)c3ccccc32)nc1. The van der Waals surface area contributed by atoms with Gasteiger partial charge in [0, 0.05) is 17.3 Å². The molecule has 0 radical (unpaired) electrons. The predicted octanol–water partition coefficient (Wildman–Crippen LogP) is 2.19. The van der Waals surface area contributed by atoms with Gasteiger partial charge in [0.15, 0.2) is 11.7 Å². The van der Waals surface area contributed by atoms with Crippen molar-refractivity contribution in [3.8, 4) is 0 Å². The van der Waals surface area contributed by atoms with E-state index in [-0.39, 0.29) is 0 Å². The standard InChI is InChI=1S/C14H12N4/c1-9-6-7-12(16-8-9)17-14-11-5-3-2-4-10(11)13(15)18-14/h2-8H,1H3,(H2,15,16,17,18). The monoisotopic (exact) mass is 236 g/mol. The highest BCUT2D eigenvalue weighted by Gasteiger charge is 2.18. The van der Waals surface area contributed by atoms with Crippen LogP contribution in [-0.2, 0) is 0 Å². The number of benzene rings is 1. The van der Waals surface area contributed by atoms with Crippen LogP contribution in [0.15, 0.2) is 52.6 Å². The molecule has 0 unspecified atom stereocenters. The van der Waals surface area contributed by atoms with Crippen molar-refractivity contribution in [2.75, 3.05) is 0 Å². The van der Waals surface area contributed by atoms with Crippen molar-refractivity contribution in [1.29, 1.82) is 0 Å². The first kappa shape index (κ1) is 10.7. The number of nitrogens with zero attached hydrogens (tertiary/aromatic N) is 3. The Morgan fingerprint density at radius 2 is 1.83 bits per heavy atom. The third-order valence-corrected chi connectivity index (χ3v) is 2.79. The number of rotatable bonds is 1. The van der Waals surface area contributed by atoms with E-state index in [9.17, 15) is 0 Å². The second-order valence-corrected chi connectivity index (χ2v) is 4.17. The van der Waals surface area contributed by atoms with E-state index in [1.165, 1.54) is 0 Å². The summed E-state index contributed by atoms with van der Waals surface area (Å²) in [6.45, 7) is 1.99. The molecule has 0 atom stereocenters. The molecule has 1 aliphatic rings. The van der Waals surface area contributed by atoms with Gasteiger partial charge in [0.05, 0.1) is 0 Å². The Bertz CT molecular complexity index is 654. The summed E-state index contributed by atoms with van der Waals surface area (Å²) in [5, 5.41) is 0. The Morgan fingerprint density at radius 1 is 1.06 bits per heavy atom. The van der Waals surface area contributed by atoms with Crippen LogP contribution in [0.5, 0.6) is 0 Å². The quantitative estimate of drug-likeness (QED) is 0.824. The molecule has 0 saturated carbocycles. The van der Waals surface area contributed by atoms with E-state index >= 15 is 0 Å². The molecule has 0 amide bonds. The number of hydrogen-bond donors (Lipinski definition) is 1. The summed E-state index contributed by atoms with van der Waals surface area (Å²) in [7, 11) is 0. The zero-order valence-corrected chi connectivity index (χ0v) is 9.96. The molecule has 4 nitrogen and oxygen atoms in total. The minimum Gasteiger partial charge on any atom is -0.383 e. The van der Waals surface area contributed by atoms with E-state index in [4.69, 9.17) is 5.73 Å². The smallest absolute Gasteiger partial charge is 0.164 e. The summed E-state index contributed by atoms with van der Waals surface area (Å²) in [4.78, 5) is 12.9. The molecule has 0 spiro atoms. The summed E-state index contributed by atoms with van der Waals surface area (Å²) in [5.41, 5.74) is 8.86. The lowest BCUT2D eigenvalue weighted by Gasteiger charge is -1.98. The molecule has 2 N–H and O–H groups in total. The molecule has 0 fully saturated rings. The largest absolute Gasteiger partial charge is 0.383 e. The predicted molar refractivity (Wildman–Crippen MR) is 72.3 cm³/mol. The Kier molecular flexibility index (Phi) is 2.41. The molecule has 1 aliphatic heterocycles. The fourth-order valence-electron chi connectivity index (χ4n) is 1.86. The van der Waals surface area contributed by atoms with Crippen molar-refractivity contribution < 1.29 is 0 Å².